The number of nitrogens with one attached hydrogen (secondary N) is 1. The largest absolute Gasteiger partial charge is 0.338 e. The van der Waals surface area contributed by atoms with Gasteiger partial charge in [-0.3, -0.25) is 19.6 Å². The number of benzene rings is 2. The van der Waals surface area contributed by atoms with Crippen LogP contribution in [0.1, 0.15) is 18.1 Å². The van der Waals surface area contributed by atoms with Gasteiger partial charge in [0.2, 0.25) is 5.91 Å². The molecule has 1 aromatic heterocycles. The van der Waals surface area contributed by atoms with Crippen molar-refractivity contribution in [1.29, 1.82) is 0 Å². The van der Waals surface area contributed by atoms with Gasteiger partial charge in [-0.05, 0) is 19.1 Å². The minimum absolute atomic E-state index is 0.0796. The Morgan fingerprint density at radius 1 is 1.20 bits per heavy atom. The molecule has 152 valence electrons. The number of para-hydroxylation sites is 2. The molecule has 30 heavy (non-hydrogen) atoms. The predicted octanol–water partition coefficient (Wildman–Crippen LogP) is 2.68. The van der Waals surface area contributed by atoms with E-state index in [1.54, 1.807) is 4.90 Å². The van der Waals surface area contributed by atoms with E-state index in [1.165, 1.54) is 23.0 Å². The van der Waals surface area contributed by atoms with Crippen LogP contribution in [-0.4, -0.2) is 39.3 Å². The van der Waals surface area contributed by atoms with Gasteiger partial charge >= 0.3 is 0 Å². The Morgan fingerprint density at radius 3 is 2.73 bits per heavy atom. The number of aromatic nitrogens is 3. The Morgan fingerprint density at radius 2 is 1.97 bits per heavy atom. The summed E-state index contributed by atoms with van der Waals surface area (Å²) in [5.41, 5.74) is 1.49. The SMILES string of the molecule is CCN1C(=O)C2(OCc3ccccc3N2C(=O)CSc2ncn[nH]2)c2ccccc21. The van der Waals surface area contributed by atoms with Crippen LogP contribution in [0.3, 0.4) is 0 Å². The van der Waals surface area contributed by atoms with Crippen LogP contribution in [0.15, 0.2) is 60.0 Å². The van der Waals surface area contributed by atoms with E-state index in [0.29, 0.717) is 23.0 Å². The van der Waals surface area contributed by atoms with Gasteiger partial charge in [0.15, 0.2) is 5.16 Å². The molecule has 0 bridgehead atoms. The summed E-state index contributed by atoms with van der Waals surface area (Å²) in [5.74, 6) is -0.417. The molecule has 8 nitrogen and oxygen atoms in total. The molecule has 9 heteroatoms. The average molecular weight is 421 g/mol. The zero-order chi connectivity index (χ0) is 20.7. The van der Waals surface area contributed by atoms with Gasteiger partial charge in [-0.25, -0.2) is 4.98 Å². The number of thioether (sulfide) groups is 1. The van der Waals surface area contributed by atoms with Gasteiger partial charge in [-0.15, -0.1) is 0 Å². The number of ether oxygens (including phenoxy) is 1. The van der Waals surface area contributed by atoms with Crippen LogP contribution in [0.5, 0.6) is 0 Å². The molecule has 1 N–H and O–H groups in total. The molecule has 5 rings (SSSR count). The Labute approximate surface area is 177 Å². The number of H-pyrrole nitrogens is 1. The van der Waals surface area contributed by atoms with Gasteiger partial charge in [0, 0.05) is 17.7 Å². The summed E-state index contributed by atoms with van der Waals surface area (Å²) in [4.78, 5) is 34.5. The maximum Gasteiger partial charge on any atom is 0.286 e. The number of rotatable bonds is 4. The molecule has 0 aliphatic carbocycles. The topological polar surface area (TPSA) is 91.4 Å². The zero-order valence-electron chi connectivity index (χ0n) is 16.2. The number of likely N-dealkylation sites (N-methyl/N-ethyl adjacent to an activating group) is 1. The molecule has 2 amide bonds. The van der Waals surface area contributed by atoms with Crippen molar-refractivity contribution in [2.45, 2.75) is 24.4 Å². The summed E-state index contributed by atoms with van der Waals surface area (Å²) in [7, 11) is 0. The highest BCUT2D eigenvalue weighted by atomic mass is 32.2. The van der Waals surface area contributed by atoms with E-state index >= 15 is 0 Å². The van der Waals surface area contributed by atoms with Gasteiger partial charge in [-0.1, -0.05) is 48.2 Å². The summed E-state index contributed by atoms with van der Waals surface area (Å²) in [5, 5.41) is 7.09. The molecular weight excluding hydrogens is 402 g/mol. The standard InChI is InChI=1S/C21H19N5O3S/c1-2-25-17-10-6-4-8-15(17)21(19(25)28)26(16-9-5-3-7-14(16)11-29-21)18(27)12-30-20-22-13-23-24-20/h3-10,13H,2,11-12H2,1H3,(H,22,23,24). The smallest absolute Gasteiger partial charge is 0.286 e. The summed E-state index contributed by atoms with van der Waals surface area (Å²) >= 11 is 1.23. The molecule has 3 heterocycles. The number of hydrogen-bond acceptors (Lipinski definition) is 6. The first-order valence-corrected chi connectivity index (χ1v) is 10.6. The molecular formula is C21H19N5O3S. The van der Waals surface area contributed by atoms with Crippen molar-refractivity contribution in [3.05, 3.63) is 66.0 Å². The maximum atomic E-state index is 13.7. The molecule has 2 aliphatic rings. The van der Waals surface area contributed by atoms with Crippen LogP contribution in [0, 0.1) is 0 Å². The highest BCUT2D eigenvalue weighted by molar-refractivity contribution is 7.99. The van der Waals surface area contributed by atoms with Crippen LogP contribution in [0.4, 0.5) is 11.4 Å². The maximum absolute atomic E-state index is 13.7. The third-order valence-corrected chi connectivity index (χ3v) is 6.23. The normalized spacial score (nSPS) is 19.8. The van der Waals surface area contributed by atoms with E-state index in [1.807, 2.05) is 55.5 Å². The third kappa shape index (κ3) is 2.66. The monoisotopic (exact) mass is 421 g/mol. The van der Waals surface area contributed by atoms with Crippen molar-refractivity contribution >= 4 is 35.0 Å². The van der Waals surface area contributed by atoms with E-state index in [2.05, 4.69) is 15.2 Å². The van der Waals surface area contributed by atoms with Crippen molar-refractivity contribution in [2.75, 3.05) is 22.1 Å². The summed E-state index contributed by atoms with van der Waals surface area (Å²) in [6, 6.07) is 15.0. The lowest BCUT2D eigenvalue weighted by atomic mass is 9.97. The quantitative estimate of drug-likeness (QED) is 0.652. The fourth-order valence-corrected chi connectivity index (χ4v) is 4.74. The zero-order valence-corrected chi connectivity index (χ0v) is 17.1. The third-order valence-electron chi connectivity index (χ3n) is 5.37. The van der Waals surface area contributed by atoms with E-state index in [0.717, 1.165) is 11.3 Å². The number of hydrogen-bond donors (Lipinski definition) is 1. The lowest BCUT2D eigenvalue weighted by Gasteiger charge is -2.43. The molecule has 0 saturated heterocycles. The number of aromatic amines is 1. The number of fused-ring (bicyclic) bond motifs is 3. The van der Waals surface area contributed by atoms with Crippen molar-refractivity contribution in [3.8, 4) is 0 Å². The second-order valence-corrected chi connectivity index (χ2v) is 7.90. The fourth-order valence-electron chi connectivity index (χ4n) is 4.11. The first-order chi connectivity index (χ1) is 14.7. The number of carbonyl (C=O) groups is 2. The lowest BCUT2D eigenvalue weighted by molar-refractivity contribution is -0.152. The average Bonchev–Trinajstić information content (AvgIpc) is 3.38. The van der Waals surface area contributed by atoms with Gasteiger partial charge < -0.3 is 9.64 Å². The van der Waals surface area contributed by atoms with Crippen molar-refractivity contribution in [3.63, 3.8) is 0 Å². The molecule has 2 aromatic carbocycles. The first kappa shape index (κ1) is 18.8. The van der Waals surface area contributed by atoms with Crippen LogP contribution in [-0.2, 0) is 26.7 Å². The first-order valence-electron chi connectivity index (χ1n) is 9.61. The minimum Gasteiger partial charge on any atom is -0.338 e. The van der Waals surface area contributed by atoms with E-state index in [-0.39, 0.29) is 24.2 Å². The fraction of sp³-hybridized carbons (Fsp3) is 0.238. The second-order valence-electron chi connectivity index (χ2n) is 6.94. The lowest BCUT2D eigenvalue weighted by Crippen LogP contribution is -2.60. The Hall–Kier alpha value is -3.17. The number of nitrogens with zero attached hydrogens (tertiary/aromatic N) is 4. The van der Waals surface area contributed by atoms with E-state index in [9.17, 15) is 9.59 Å². The van der Waals surface area contributed by atoms with Crippen LogP contribution >= 0.6 is 11.8 Å². The van der Waals surface area contributed by atoms with Crippen LogP contribution in [0.25, 0.3) is 0 Å². The number of anilines is 2. The molecule has 1 unspecified atom stereocenters. The second kappa shape index (κ2) is 7.26. The van der Waals surface area contributed by atoms with Gasteiger partial charge in [0.25, 0.3) is 11.6 Å². The molecule has 0 saturated carbocycles. The number of amides is 2. The van der Waals surface area contributed by atoms with E-state index in [4.69, 9.17) is 4.74 Å². The van der Waals surface area contributed by atoms with E-state index < -0.39 is 5.72 Å². The summed E-state index contributed by atoms with van der Waals surface area (Å²) in [6.45, 7) is 2.64. The van der Waals surface area contributed by atoms with Crippen LogP contribution < -0.4 is 9.80 Å². The summed E-state index contributed by atoms with van der Waals surface area (Å²) in [6.07, 6.45) is 1.39. The van der Waals surface area contributed by atoms with Crippen molar-refractivity contribution in [2.24, 2.45) is 0 Å². The number of carbonyl (C=O) groups excluding carboxylic acids is 2. The Bertz CT molecular complexity index is 1120. The van der Waals surface area contributed by atoms with Gasteiger partial charge in [0.05, 0.1) is 23.7 Å². The molecule has 2 aliphatic heterocycles. The highest BCUT2D eigenvalue weighted by Gasteiger charge is 2.59. The Balaban J connectivity index is 1.64. The molecule has 0 fully saturated rings. The molecule has 1 spiro atoms. The van der Waals surface area contributed by atoms with Gasteiger partial charge in [-0.2, -0.15) is 5.10 Å². The Kier molecular flexibility index (Phi) is 4.56. The minimum atomic E-state index is -1.51. The predicted molar refractivity (Wildman–Crippen MR) is 112 cm³/mol. The molecule has 3 aromatic rings. The molecule has 0 radical (unpaired) electrons. The van der Waals surface area contributed by atoms with Crippen molar-refractivity contribution < 1.29 is 14.3 Å². The molecule has 1 atom stereocenters. The van der Waals surface area contributed by atoms with Gasteiger partial charge in [0.1, 0.15) is 6.33 Å². The van der Waals surface area contributed by atoms with Crippen LogP contribution in [0.2, 0.25) is 0 Å². The highest BCUT2D eigenvalue weighted by Crippen LogP contribution is 2.50. The van der Waals surface area contributed by atoms with Crippen molar-refractivity contribution in [1.82, 2.24) is 15.2 Å². The summed E-state index contributed by atoms with van der Waals surface area (Å²) < 4.78 is 6.26.